The summed E-state index contributed by atoms with van der Waals surface area (Å²) in [6.45, 7) is 0.116. The molecule has 11 nitrogen and oxygen atoms in total. The molecule has 0 aromatic heterocycles. The van der Waals surface area contributed by atoms with Gasteiger partial charge in [-0.25, -0.2) is 0 Å². The summed E-state index contributed by atoms with van der Waals surface area (Å²) in [5.74, 6) is 0. The van der Waals surface area contributed by atoms with E-state index < -0.39 is 22.9 Å². The van der Waals surface area contributed by atoms with Crippen molar-refractivity contribution in [1.29, 1.82) is 0 Å². The quantitative estimate of drug-likeness (QED) is 0.466. The normalized spacial score (nSPS) is 18.8. The zero-order valence-corrected chi connectivity index (χ0v) is 10.0. The highest BCUT2D eigenvalue weighted by Gasteiger charge is 2.22. The lowest BCUT2D eigenvalue weighted by Crippen LogP contribution is -2.37. The second-order valence-corrected chi connectivity index (χ2v) is 3.96. The SMILES string of the molecule is O=[N+]([O-])OCC(COC1CCN(O)CC1)O[N+](=O)[O-]. The Kier molecular flexibility index (Phi) is 6.18. The lowest BCUT2D eigenvalue weighted by atomic mass is 10.1. The van der Waals surface area contributed by atoms with E-state index in [1.165, 1.54) is 0 Å². The smallest absolute Gasteiger partial charge is 0.294 e. The number of hydrogen-bond acceptors (Lipinski definition) is 9. The van der Waals surface area contributed by atoms with E-state index in [0.717, 1.165) is 5.06 Å². The number of nitrogens with zero attached hydrogens (tertiary/aromatic N) is 3. The summed E-state index contributed by atoms with van der Waals surface area (Å²) in [7, 11) is 0. The van der Waals surface area contributed by atoms with Crippen LogP contribution in [0.25, 0.3) is 0 Å². The van der Waals surface area contributed by atoms with Gasteiger partial charge in [-0.15, -0.1) is 20.2 Å². The van der Waals surface area contributed by atoms with Gasteiger partial charge in [0.1, 0.15) is 6.61 Å². The number of rotatable bonds is 8. The summed E-state index contributed by atoms with van der Waals surface area (Å²) in [6.07, 6.45) is -0.195. The summed E-state index contributed by atoms with van der Waals surface area (Å²) in [5, 5.41) is 28.4. The van der Waals surface area contributed by atoms with Crippen LogP contribution in [0.5, 0.6) is 0 Å². The van der Waals surface area contributed by atoms with Gasteiger partial charge in [0.15, 0.2) is 6.10 Å². The molecule has 11 heteroatoms. The molecular weight excluding hydrogens is 266 g/mol. The van der Waals surface area contributed by atoms with Gasteiger partial charge in [-0.1, -0.05) is 0 Å². The summed E-state index contributed by atoms with van der Waals surface area (Å²) in [4.78, 5) is 28.5. The molecule has 1 aliphatic heterocycles. The second-order valence-electron chi connectivity index (χ2n) is 3.96. The molecule has 19 heavy (non-hydrogen) atoms. The second kappa shape index (κ2) is 7.66. The van der Waals surface area contributed by atoms with Crippen LogP contribution in [0.1, 0.15) is 12.8 Å². The largest absolute Gasteiger partial charge is 0.376 e. The molecule has 110 valence electrons. The summed E-state index contributed by atoms with van der Waals surface area (Å²) < 4.78 is 5.36. The van der Waals surface area contributed by atoms with E-state index in [0.29, 0.717) is 25.9 Å². The Bertz CT molecular complexity index is 306. The van der Waals surface area contributed by atoms with Crippen LogP contribution in [0.3, 0.4) is 0 Å². The number of piperidine rings is 1. The molecule has 0 bridgehead atoms. The summed E-state index contributed by atoms with van der Waals surface area (Å²) in [5.41, 5.74) is 0. The molecule has 0 amide bonds. The molecule has 0 saturated carbocycles. The molecule has 1 fully saturated rings. The third kappa shape index (κ3) is 6.69. The molecule has 1 atom stereocenters. The maximum atomic E-state index is 10.2. The first-order chi connectivity index (χ1) is 8.97. The maximum absolute atomic E-state index is 10.2. The Morgan fingerprint density at radius 3 is 2.37 bits per heavy atom. The molecule has 1 rings (SSSR count). The fourth-order valence-corrected chi connectivity index (χ4v) is 1.63. The van der Waals surface area contributed by atoms with Crippen LogP contribution in [0.2, 0.25) is 0 Å². The number of ether oxygens (including phenoxy) is 1. The Balaban J connectivity index is 2.30. The lowest BCUT2D eigenvalue weighted by Gasteiger charge is -2.28. The van der Waals surface area contributed by atoms with Crippen molar-refractivity contribution in [3.05, 3.63) is 20.2 Å². The molecule has 1 aliphatic rings. The predicted octanol–water partition coefficient (Wildman–Crippen LogP) is -0.358. The number of hydroxylamine groups is 2. The van der Waals surface area contributed by atoms with Crippen LogP contribution >= 0.6 is 0 Å². The highest BCUT2D eigenvalue weighted by atomic mass is 17.0. The van der Waals surface area contributed by atoms with Gasteiger partial charge in [0, 0.05) is 13.1 Å². The Labute approximate surface area is 107 Å². The highest BCUT2D eigenvalue weighted by Crippen LogP contribution is 2.12. The van der Waals surface area contributed by atoms with Gasteiger partial charge in [0.25, 0.3) is 10.2 Å². The Morgan fingerprint density at radius 2 is 1.84 bits per heavy atom. The zero-order valence-electron chi connectivity index (χ0n) is 10.0. The van der Waals surface area contributed by atoms with Gasteiger partial charge in [-0.2, -0.15) is 5.06 Å². The Morgan fingerprint density at radius 1 is 1.21 bits per heavy atom. The van der Waals surface area contributed by atoms with E-state index in [9.17, 15) is 20.2 Å². The average molecular weight is 281 g/mol. The first-order valence-corrected chi connectivity index (χ1v) is 5.61. The maximum Gasteiger partial charge on any atom is 0.294 e. The third-order valence-electron chi connectivity index (χ3n) is 2.54. The Hall–Kier alpha value is -1.72. The van der Waals surface area contributed by atoms with Gasteiger partial charge in [-0.05, 0) is 12.8 Å². The van der Waals surface area contributed by atoms with Gasteiger partial charge in [0.2, 0.25) is 0 Å². The van der Waals surface area contributed by atoms with Crippen molar-refractivity contribution in [2.75, 3.05) is 26.3 Å². The fourth-order valence-electron chi connectivity index (χ4n) is 1.63. The van der Waals surface area contributed by atoms with Gasteiger partial charge < -0.3 is 19.6 Å². The molecular formula is C8H15N3O8. The lowest BCUT2D eigenvalue weighted by molar-refractivity contribution is -0.790. The van der Waals surface area contributed by atoms with Gasteiger partial charge in [-0.3, -0.25) is 0 Å². The fraction of sp³-hybridized carbons (Fsp3) is 1.00. The summed E-state index contributed by atoms with van der Waals surface area (Å²) >= 11 is 0. The van der Waals surface area contributed by atoms with Crippen LogP contribution in [-0.2, 0) is 14.4 Å². The predicted molar refractivity (Wildman–Crippen MR) is 57.1 cm³/mol. The zero-order chi connectivity index (χ0) is 14.3. The van der Waals surface area contributed by atoms with Crippen molar-refractivity contribution in [3.8, 4) is 0 Å². The molecule has 0 aromatic rings. The van der Waals surface area contributed by atoms with E-state index in [-0.39, 0.29) is 12.7 Å². The van der Waals surface area contributed by atoms with E-state index in [1.54, 1.807) is 0 Å². The van der Waals surface area contributed by atoms with Crippen LogP contribution in [0.4, 0.5) is 0 Å². The van der Waals surface area contributed by atoms with E-state index in [4.69, 9.17) is 9.94 Å². The first kappa shape index (κ1) is 15.3. The van der Waals surface area contributed by atoms with E-state index >= 15 is 0 Å². The third-order valence-corrected chi connectivity index (χ3v) is 2.54. The first-order valence-electron chi connectivity index (χ1n) is 5.61. The molecule has 1 N–H and O–H groups in total. The highest BCUT2D eigenvalue weighted by molar-refractivity contribution is 4.68. The van der Waals surface area contributed by atoms with Crippen molar-refractivity contribution in [2.45, 2.75) is 25.0 Å². The monoisotopic (exact) mass is 281 g/mol. The minimum atomic E-state index is -1.16. The molecule has 1 saturated heterocycles. The minimum absolute atomic E-state index is 0.170. The molecule has 1 unspecified atom stereocenters. The standard InChI is InChI=1S/C8H15N3O8/c12-9-3-1-7(2-4-9)17-5-8(19-11(15)16)6-18-10(13)14/h7-8,12H,1-6H2. The van der Waals surface area contributed by atoms with Gasteiger partial charge in [0.05, 0.1) is 12.7 Å². The molecule has 0 aromatic carbocycles. The van der Waals surface area contributed by atoms with Crippen molar-refractivity contribution in [1.82, 2.24) is 5.06 Å². The molecule has 0 spiro atoms. The van der Waals surface area contributed by atoms with Crippen molar-refractivity contribution in [3.63, 3.8) is 0 Å². The van der Waals surface area contributed by atoms with E-state index in [1.807, 2.05) is 0 Å². The van der Waals surface area contributed by atoms with Crippen LogP contribution < -0.4 is 0 Å². The molecule has 0 aliphatic carbocycles. The summed E-state index contributed by atoms with van der Waals surface area (Å²) in [6, 6.07) is 0. The van der Waals surface area contributed by atoms with Crippen LogP contribution in [0, 0.1) is 20.2 Å². The average Bonchev–Trinajstić information content (AvgIpc) is 2.34. The number of hydrogen-bond donors (Lipinski definition) is 1. The molecule has 1 heterocycles. The van der Waals surface area contributed by atoms with Crippen molar-refractivity contribution >= 4 is 0 Å². The minimum Gasteiger partial charge on any atom is -0.376 e. The van der Waals surface area contributed by atoms with Crippen LogP contribution in [-0.4, -0.2) is 59.0 Å². The van der Waals surface area contributed by atoms with Crippen molar-refractivity contribution in [2.24, 2.45) is 0 Å². The van der Waals surface area contributed by atoms with E-state index in [2.05, 4.69) is 9.68 Å². The molecule has 0 radical (unpaired) electrons. The van der Waals surface area contributed by atoms with Crippen molar-refractivity contribution < 1.29 is 29.8 Å². The van der Waals surface area contributed by atoms with Gasteiger partial charge >= 0.3 is 0 Å². The van der Waals surface area contributed by atoms with Crippen LogP contribution in [0.15, 0.2) is 0 Å². The topological polar surface area (TPSA) is 137 Å².